The molecule has 8 nitrogen and oxygen atoms in total. The third-order valence-electron chi connectivity index (χ3n) is 7.41. The first-order valence-electron chi connectivity index (χ1n) is 12.0. The van der Waals surface area contributed by atoms with E-state index < -0.39 is 0 Å². The van der Waals surface area contributed by atoms with Crippen LogP contribution in [0.2, 0.25) is 0 Å². The minimum absolute atomic E-state index is 0.0122. The number of anilines is 1. The van der Waals surface area contributed by atoms with E-state index in [0.717, 1.165) is 71.4 Å². The molecule has 176 valence electrons. The summed E-state index contributed by atoms with van der Waals surface area (Å²) >= 11 is 0. The van der Waals surface area contributed by atoms with Crippen LogP contribution in [0.3, 0.4) is 0 Å². The van der Waals surface area contributed by atoms with Crippen molar-refractivity contribution in [3.63, 3.8) is 0 Å². The molecular weight excluding hydrogens is 428 g/mol. The van der Waals surface area contributed by atoms with Crippen molar-refractivity contribution >= 4 is 27.8 Å². The average Bonchev–Trinajstić information content (AvgIpc) is 3.09. The van der Waals surface area contributed by atoms with Gasteiger partial charge in [-0.05, 0) is 56.8 Å². The van der Waals surface area contributed by atoms with Crippen LogP contribution in [0.1, 0.15) is 18.9 Å². The van der Waals surface area contributed by atoms with Crippen molar-refractivity contribution in [3.05, 3.63) is 53.2 Å². The van der Waals surface area contributed by atoms with E-state index in [1.54, 1.807) is 4.57 Å². The van der Waals surface area contributed by atoms with Gasteiger partial charge in [-0.3, -0.25) is 14.1 Å². The van der Waals surface area contributed by atoms with E-state index >= 15 is 0 Å². The van der Waals surface area contributed by atoms with Crippen LogP contribution in [0.4, 0.5) is 5.82 Å². The number of pyridine rings is 2. The third-order valence-corrected chi connectivity index (χ3v) is 7.41. The lowest BCUT2D eigenvalue weighted by molar-refractivity contribution is 0.0593. The molecule has 2 saturated heterocycles. The second-order valence-corrected chi connectivity index (χ2v) is 9.73. The summed E-state index contributed by atoms with van der Waals surface area (Å²) in [5.74, 6) is 1.01. The van der Waals surface area contributed by atoms with Crippen LogP contribution in [0.15, 0.2) is 47.5 Å². The summed E-state index contributed by atoms with van der Waals surface area (Å²) in [5, 5.41) is 0.985. The van der Waals surface area contributed by atoms with Crippen molar-refractivity contribution in [3.8, 4) is 11.1 Å². The number of nitrogens with zero attached hydrogens (tertiary/aromatic N) is 6. The van der Waals surface area contributed by atoms with Crippen molar-refractivity contribution in [2.24, 2.45) is 7.05 Å². The minimum Gasteiger partial charge on any atom is -0.379 e. The van der Waals surface area contributed by atoms with Gasteiger partial charge in [0.1, 0.15) is 5.82 Å². The molecule has 0 aliphatic carbocycles. The Labute approximate surface area is 198 Å². The number of hydrogen-bond donors (Lipinski definition) is 0. The fourth-order valence-corrected chi connectivity index (χ4v) is 5.19. The van der Waals surface area contributed by atoms with E-state index in [1.165, 1.54) is 0 Å². The number of likely N-dealkylation sites (N-methyl/N-ethyl adjacent to an activating group) is 1. The van der Waals surface area contributed by atoms with Gasteiger partial charge in [-0.25, -0.2) is 9.78 Å². The summed E-state index contributed by atoms with van der Waals surface area (Å²) in [6.07, 6.45) is 5.66. The minimum atomic E-state index is -0.0122. The van der Waals surface area contributed by atoms with Crippen molar-refractivity contribution in [1.82, 2.24) is 24.0 Å². The van der Waals surface area contributed by atoms with E-state index in [-0.39, 0.29) is 11.7 Å². The molecule has 34 heavy (non-hydrogen) atoms. The molecule has 6 rings (SSSR count). The maximum absolute atomic E-state index is 13.2. The van der Waals surface area contributed by atoms with Gasteiger partial charge in [-0.15, -0.1) is 0 Å². The Kier molecular flexibility index (Phi) is 5.15. The normalized spacial score (nSPS) is 19.3. The molecule has 2 aliphatic heterocycles. The Balaban J connectivity index is 1.41. The zero-order valence-corrected chi connectivity index (χ0v) is 19.9. The van der Waals surface area contributed by atoms with Crippen molar-refractivity contribution in [2.45, 2.75) is 24.9 Å². The Bertz CT molecular complexity index is 1410. The standard InChI is InChI=1S/C26H30N6O2/c1-29(2)20-14-31(15-20)24-9-7-18(12-28-24)17-6-8-22-21(11-17)25-23(13-27-22)30(3)26(33)32(25)19-5-4-10-34-16-19/h6-9,11-13,19-20H,4-5,10,14-16H2,1-3H3/t19-/m0/s1. The predicted molar refractivity (Wildman–Crippen MR) is 134 cm³/mol. The third kappa shape index (κ3) is 3.40. The molecule has 2 aliphatic rings. The van der Waals surface area contributed by atoms with E-state index in [2.05, 4.69) is 53.1 Å². The first-order valence-corrected chi connectivity index (χ1v) is 12.0. The van der Waals surface area contributed by atoms with Gasteiger partial charge in [0.15, 0.2) is 0 Å². The quantitative estimate of drug-likeness (QED) is 0.468. The second kappa shape index (κ2) is 8.21. The van der Waals surface area contributed by atoms with Gasteiger partial charge < -0.3 is 14.5 Å². The fourth-order valence-electron chi connectivity index (χ4n) is 5.19. The van der Waals surface area contributed by atoms with Crippen molar-refractivity contribution in [2.75, 3.05) is 45.3 Å². The maximum atomic E-state index is 13.2. The number of aromatic nitrogens is 4. The zero-order valence-electron chi connectivity index (χ0n) is 19.9. The van der Waals surface area contributed by atoms with E-state index in [1.807, 2.05) is 30.1 Å². The zero-order chi connectivity index (χ0) is 23.4. The summed E-state index contributed by atoms with van der Waals surface area (Å²) in [7, 11) is 6.07. The number of ether oxygens (including phenoxy) is 1. The van der Waals surface area contributed by atoms with Gasteiger partial charge in [-0.1, -0.05) is 6.07 Å². The molecule has 0 radical (unpaired) electrons. The number of hydrogen-bond acceptors (Lipinski definition) is 6. The van der Waals surface area contributed by atoms with E-state index in [9.17, 15) is 4.79 Å². The lowest BCUT2D eigenvalue weighted by atomic mass is 10.0. The number of imidazole rings is 1. The number of benzene rings is 1. The van der Waals surface area contributed by atoms with Gasteiger partial charge in [0.25, 0.3) is 0 Å². The van der Waals surface area contributed by atoms with Crippen LogP contribution in [-0.2, 0) is 11.8 Å². The number of aryl methyl sites for hydroxylation is 1. The van der Waals surface area contributed by atoms with Crippen molar-refractivity contribution < 1.29 is 4.74 Å². The van der Waals surface area contributed by atoms with Crippen LogP contribution in [0, 0.1) is 0 Å². The SMILES string of the molecule is CN(C)C1CN(c2ccc(-c3ccc4ncc5c(c4c3)n([C@H]3CCCOC3)c(=O)n5C)cn2)C1. The molecule has 0 saturated carbocycles. The highest BCUT2D eigenvalue weighted by atomic mass is 16.5. The number of rotatable bonds is 4. The smallest absolute Gasteiger partial charge is 0.329 e. The lowest BCUT2D eigenvalue weighted by Crippen LogP contribution is -2.57. The molecule has 0 N–H and O–H groups in total. The van der Waals surface area contributed by atoms with Crippen LogP contribution in [-0.4, -0.2) is 70.4 Å². The van der Waals surface area contributed by atoms with Crippen LogP contribution >= 0.6 is 0 Å². The molecule has 1 atom stereocenters. The highest BCUT2D eigenvalue weighted by molar-refractivity contribution is 6.04. The molecule has 4 aromatic rings. The Morgan fingerprint density at radius 2 is 1.88 bits per heavy atom. The monoisotopic (exact) mass is 458 g/mol. The van der Waals surface area contributed by atoms with E-state index in [4.69, 9.17) is 9.72 Å². The van der Waals surface area contributed by atoms with Crippen LogP contribution < -0.4 is 10.6 Å². The second-order valence-electron chi connectivity index (χ2n) is 9.73. The molecule has 0 unspecified atom stereocenters. The van der Waals surface area contributed by atoms with Gasteiger partial charge in [-0.2, -0.15) is 0 Å². The summed E-state index contributed by atoms with van der Waals surface area (Å²) in [5.41, 5.74) is 4.78. The largest absolute Gasteiger partial charge is 0.379 e. The molecular formula is C26H30N6O2. The van der Waals surface area contributed by atoms with E-state index in [0.29, 0.717) is 12.6 Å². The molecule has 1 aromatic carbocycles. The highest BCUT2D eigenvalue weighted by Crippen LogP contribution is 2.32. The highest BCUT2D eigenvalue weighted by Gasteiger charge is 2.29. The van der Waals surface area contributed by atoms with Gasteiger partial charge in [0.05, 0.1) is 35.4 Å². The van der Waals surface area contributed by atoms with Gasteiger partial charge in [0.2, 0.25) is 0 Å². The molecule has 0 spiro atoms. The summed E-state index contributed by atoms with van der Waals surface area (Å²) in [4.78, 5) is 27.2. The van der Waals surface area contributed by atoms with Crippen molar-refractivity contribution in [1.29, 1.82) is 0 Å². The number of fused-ring (bicyclic) bond motifs is 3. The Morgan fingerprint density at radius 1 is 1.06 bits per heavy atom. The van der Waals surface area contributed by atoms with Crippen LogP contribution in [0.25, 0.3) is 33.1 Å². The maximum Gasteiger partial charge on any atom is 0.329 e. The molecule has 5 heterocycles. The Morgan fingerprint density at radius 3 is 2.59 bits per heavy atom. The summed E-state index contributed by atoms with van der Waals surface area (Å²) in [6, 6.07) is 11.1. The first-order chi connectivity index (χ1) is 16.5. The Hall–Kier alpha value is -3.23. The van der Waals surface area contributed by atoms with Crippen LogP contribution in [0.5, 0.6) is 0 Å². The molecule has 3 aromatic heterocycles. The molecule has 0 bridgehead atoms. The summed E-state index contributed by atoms with van der Waals surface area (Å²) in [6.45, 7) is 3.35. The predicted octanol–water partition coefficient (Wildman–Crippen LogP) is 3.05. The average molecular weight is 459 g/mol. The topological polar surface area (TPSA) is 68.4 Å². The van der Waals surface area contributed by atoms with Gasteiger partial charge in [0, 0.05) is 49.9 Å². The summed E-state index contributed by atoms with van der Waals surface area (Å²) < 4.78 is 9.35. The fraction of sp³-hybridized carbons (Fsp3) is 0.423. The molecule has 8 heteroatoms. The lowest BCUT2D eigenvalue weighted by Gasteiger charge is -2.43. The molecule has 2 fully saturated rings. The first kappa shape index (κ1) is 21.3. The van der Waals surface area contributed by atoms with Gasteiger partial charge >= 0.3 is 5.69 Å². The molecule has 0 amide bonds.